The first kappa shape index (κ1) is 16.0. The van der Waals surface area contributed by atoms with Crippen molar-refractivity contribution >= 4 is 27.6 Å². The molecular formula is C13H18O4S2. The van der Waals surface area contributed by atoms with Crippen LogP contribution in [0.3, 0.4) is 0 Å². The third kappa shape index (κ3) is 6.11. The van der Waals surface area contributed by atoms with Gasteiger partial charge in [-0.2, -0.15) is 0 Å². The van der Waals surface area contributed by atoms with Crippen molar-refractivity contribution in [3.63, 3.8) is 0 Å². The normalized spacial score (nSPS) is 11.3. The molecule has 0 unspecified atom stereocenters. The van der Waals surface area contributed by atoms with Gasteiger partial charge in [0.2, 0.25) is 0 Å². The molecule has 0 aliphatic carbocycles. The number of carbonyl (C=O) groups is 1. The lowest BCUT2D eigenvalue weighted by Gasteiger charge is -2.04. The van der Waals surface area contributed by atoms with Gasteiger partial charge in [-0.3, -0.25) is 4.79 Å². The maximum absolute atomic E-state index is 11.4. The molecule has 0 aromatic heterocycles. The van der Waals surface area contributed by atoms with Crippen molar-refractivity contribution in [2.45, 2.75) is 29.6 Å². The lowest BCUT2D eigenvalue weighted by atomic mass is 10.4. The van der Waals surface area contributed by atoms with E-state index in [4.69, 9.17) is 4.74 Å². The van der Waals surface area contributed by atoms with E-state index in [0.717, 1.165) is 17.7 Å². The quantitative estimate of drug-likeness (QED) is 0.440. The number of carbonyl (C=O) groups excluding carboxylic acids is 1. The van der Waals surface area contributed by atoms with Crippen LogP contribution in [0.1, 0.15) is 19.8 Å². The van der Waals surface area contributed by atoms with Crippen LogP contribution in [0.5, 0.6) is 0 Å². The zero-order valence-electron chi connectivity index (χ0n) is 11.1. The highest BCUT2D eigenvalue weighted by molar-refractivity contribution is 8.00. The molecule has 0 atom stereocenters. The van der Waals surface area contributed by atoms with Gasteiger partial charge in [-0.15, -0.1) is 11.8 Å². The van der Waals surface area contributed by atoms with Crippen LogP contribution in [0.25, 0.3) is 0 Å². The van der Waals surface area contributed by atoms with Crippen LogP contribution >= 0.6 is 11.8 Å². The highest BCUT2D eigenvalue weighted by atomic mass is 32.2. The van der Waals surface area contributed by atoms with Crippen LogP contribution in [-0.2, 0) is 19.4 Å². The summed E-state index contributed by atoms with van der Waals surface area (Å²) in [5, 5.41) is 0. The highest BCUT2D eigenvalue weighted by Crippen LogP contribution is 2.20. The maximum atomic E-state index is 11.4. The largest absolute Gasteiger partial charge is 0.465 e. The predicted octanol–water partition coefficient (Wildman–Crippen LogP) is 2.53. The van der Waals surface area contributed by atoms with Gasteiger partial charge in [-0.1, -0.05) is 13.3 Å². The highest BCUT2D eigenvalue weighted by Gasteiger charge is 2.08. The second kappa shape index (κ2) is 7.55. The van der Waals surface area contributed by atoms with Gasteiger partial charge >= 0.3 is 5.97 Å². The van der Waals surface area contributed by atoms with Crippen LogP contribution in [0, 0.1) is 0 Å². The Labute approximate surface area is 118 Å². The van der Waals surface area contributed by atoms with Gasteiger partial charge in [0.1, 0.15) is 0 Å². The Kier molecular flexibility index (Phi) is 6.37. The van der Waals surface area contributed by atoms with Crippen molar-refractivity contribution < 1.29 is 17.9 Å². The monoisotopic (exact) mass is 302 g/mol. The van der Waals surface area contributed by atoms with Crippen LogP contribution in [0.2, 0.25) is 0 Å². The number of unbranched alkanes of at least 4 members (excludes halogenated alkanes) is 1. The van der Waals surface area contributed by atoms with E-state index in [0.29, 0.717) is 6.61 Å². The first-order chi connectivity index (χ1) is 8.93. The number of thioether (sulfide) groups is 1. The number of sulfone groups is 1. The van der Waals surface area contributed by atoms with Gasteiger partial charge < -0.3 is 4.74 Å². The summed E-state index contributed by atoms with van der Waals surface area (Å²) in [6, 6.07) is 6.47. The van der Waals surface area contributed by atoms with Crippen LogP contribution in [0.15, 0.2) is 34.1 Å². The molecule has 0 spiro atoms. The minimum absolute atomic E-state index is 0.238. The maximum Gasteiger partial charge on any atom is 0.316 e. The number of hydrogen-bond donors (Lipinski definition) is 0. The van der Waals surface area contributed by atoms with Crippen molar-refractivity contribution in [1.82, 2.24) is 0 Å². The van der Waals surface area contributed by atoms with E-state index in [2.05, 4.69) is 0 Å². The fourth-order valence-corrected chi connectivity index (χ4v) is 2.62. The molecule has 0 fully saturated rings. The second-order valence-electron chi connectivity index (χ2n) is 4.11. The summed E-state index contributed by atoms with van der Waals surface area (Å²) in [6.45, 7) is 2.49. The number of ether oxygens (including phenoxy) is 1. The molecule has 6 heteroatoms. The first-order valence-corrected chi connectivity index (χ1v) is 8.89. The number of esters is 1. The van der Waals surface area contributed by atoms with E-state index in [9.17, 15) is 13.2 Å². The van der Waals surface area contributed by atoms with Crippen molar-refractivity contribution in [1.29, 1.82) is 0 Å². The Morgan fingerprint density at radius 3 is 2.42 bits per heavy atom. The fourth-order valence-electron chi connectivity index (χ4n) is 1.30. The van der Waals surface area contributed by atoms with E-state index in [1.807, 2.05) is 6.92 Å². The molecule has 0 heterocycles. The van der Waals surface area contributed by atoms with Gasteiger partial charge in [-0.25, -0.2) is 8.42 Å². The Morgan fingerprint density at radius 2 is 1.89 bits per heavy atom. The first-order valence-electron chi connectivity index (χ1n) is 6.02. The van der Waals surface area contributed by atoms with E-state index in [1.165, 1.54) is 18.0 Å². The number of rotatable bonds is 7. The molecule has 0 amide bonds. The predicted molar refractivity (Wildman–Crippen MR) is 76.1 cm³/mol. The molecule has 0 bridgehead atoms. The molecule has 1 rings (SSSR count). The molecule has 1 aromatic rings. The van der Waals surface area contributed by atoms with Crippen LogP contribution < -0.4 is 0 Å². The second-order valence-corrected chi connectivity index (χ2v) is 7.17. The Bertz CT molecular complexity index is 506. The van der Waals surface area contributed by atoms with Crippen LogP contribution in [0.4, 0.5) is 0 Å². The summed E-state index contributed by atoms with van der Waals surface area (Å²) >= 11 is 1.34. The number of benzene rings is 1. The molecule has 1 aromatic carbocycles. The van der Waals surface area contributed by atoms with Crippen molar-refractivity contribution in [2.75, 3.05) is 18.6 Å². The van der Waals surface area contributed by atoms with Gasteiger partial charge in [0.05, 0.1) is 17.3 Å². The van der Waals surface area contributed by atoms with E-state index < -0.39 is 9.84 Å². The SMILES string of the molecule is CCCCOC(=O)CSc1ccc(S(C)(=O)=O)cc1. The summed E-state index contributed by atoms with van der Waals surface area (Å²) in [7, 11) is -3.17. The molecule has 19 heavy (non-hydrogen) atoms. The average molecular weight is 302 g/mol. The van der Waals surface area contributed by atoms with Gasteiger partial charge in [0, 0.05) is 11.2 Å². The molecule has 0 saturated carbocycles. The number of hydrogen-bond acceptors (Lipinski definition) is 5. The fraction of sp³-hybridized carbons (Fsp3) is 0.462. The molecule has 0 aliphatic heterocycles. The molecule has 0 radical (unpaired) electrons. The Balaban J connectivity index is 2.44. The van der Waals surface area contributed by atoms with Gasteiger partial charge in [0.15, 0.2) is 9.84 Å². The molecule has 106 valence electrons. The third-order valence-corrected chi connectivity index (χ3v) is 4.48. The minimum Gasteiger partial charge on any atom is -0.465 e. The van der Waals surface area contributed by atoms with E-state index in [1.54, 1.807) is 24.3 Å². The summed E-state index contributed by atoms with van der Waals surface area (Å²) in [6.07, 6.45) is 3.03. The summed E-state index contributed by atoms with van der Waals surface area (Å²) < 4.78 is 27.6. The molecule has 0 N–H and O–H groups in total. The third-order valence-electron chi connectivity index (χ3n) is 2.37. The average Bonchev–Trinajstić information content (AvgIpc) is 2.36. The van der Waals surface area contributed by atoms with Gasteiger partial charge in [-0.05, 0) is 30.7 Å². The Hall–Kier alpha value is -1.01. The minimum atomic E-state index is -3.17. The Morgan fingerprint density at radius 1 is 1.26 bits per heavy atom. The van der Waals surface area contributed by atoms with E-state index in [-0.39, 0.29) is 16.6 Å². The zero-order valence-corrected chi connectivity index (χ0v) is 12.7. The van der Waals surface area contributed by atoms with Gasteiger partial charge in [0.25, 0.3) is 0 Å². The zero-order chi connectivity index (χ0) is 14.3. The van der Waals surface area contributed by atoms with Crippen molar-refractivity contribution in [3.8, 4) is 0 Å². The summed E-state index contributed by atoms with van der Waals surface area (Å²) in [4.78, 5) is 12.5. The molecule has 0 aliphatic rings. The smallest absolute Gasteiger partial charge is 0.316 e. The van der Waals surface area contributed by atoms with Crippen molar-refractivity contribution in [3.05, 3.63) is 24.3 Å². The summed E-state index contributed by atoms with van der Waals surface area (Å²) in [5.41, 5.74) is 0. The lowest BCUT2D eigenvalue weighted by molar-refractivity contribution is -0.140. The standard InChI is InChI=1S/C13H18O4S2/c1-3-4-9-17-13(14)10-18-11-5-7-12(8-6-11)19(2,15)16/h5-8H,3-4,9-10H2,1-2H3. The van der Waals surface area contributed by atoms with Crippen LogP contribution in [-0.4, -0.2) is 33.0 Å². The molecule has 4 nitrogen and oxygen atoms in total. The van der Waals surface area contributed by atoms with E-state index >= 15 is 0 Å². The van der Waals surface area contributed by atoms with Crippen molar-refractivity contribution in [2.24, 2.45) is 0 Å². The topological polar surface area (TPSA) is 60.4 Å². The lowest BCUT2D eigenvalue weighted by Crippen LogP contribution is -2.08. The molecule has 0 saturated heterocycles. The molecular weight excluding hydrogens is 284 g/mol. The summed E-state index contributed by atoms with van der Waals surface area (Å²) in [5.74, 6) is -0.00675.